The number of hydrogen-bond acceptors (Lipinski definition) is 2. The van der Waals surface area contributed by atoms with Crippen LogP contribution in [0.2, 0.25) is 0 Å². The average Bonchev–Trinajstić information content (AvgIpc) is 2.43. The minimum absolute atomic E-state index is 0.668. The molecule has 3 rings (SSSR count). The molecular weight excluding hydrogens is 232 g/mol. The van der Waals surface area contributed by atoms with E-state index in [2.05, 4.69) is 41.4 Å². The first kappa shape index (κ1) is 13.1. The molecular formula is C17H26N2. The van der Waals surface area contributed by atoms with Crippen molar-refractivity contribution in [1.82, 2.24) is 10.2 Å². The predicted octanol–water partition coefficient (Wildman–Crippen LogP) is 3.14. The van der Waals surface area contributed by atoms with Gasteiger partial charge in [0.05, 0.1) is 0 Å². The smallest absolute Gasteiger partial charge is 0.0350 e. The van der Waals surface area contributed by atoms with Crippen LogP contribution in [0.25, 0.3) is 0 Å². The van der Waals surface area contributed by atoms with Crippen molar-refractivity contribution in [1.29, 1.82) is 0 Å². The highest BCUT2D eigenvalue weighted by atomic mass is 15.2. The van der Waals surface area contributed by atoms with Gasteiger partial charge in [0.1, 0.15) is 0 Å². The molecule has 2 aliphatic rings. The maximum absolute atomic E-state index is 3.60. The average molecular weight is 258 g/mol. The molecule has 1 aliphatic carbocycles. The molecule has 1 fully saturated rings. The first-order chi connectivity index (χ1) is 9.34. The molecule has 2 nitrogen and oxygen atoms in total. The Morgan fingerprint density at radius 3 is 2.95 bits per heavy atom. The second-order valence-electron chi connectivity index (χ2n) is 6.14. The van der Waals surface area contributed by atoms with Crippen molar-refractivity contribution in [3.8, 4) is 0 Å². The van der Waals surface area contributed by atoms with Crippen LogP contribution in [0.4, 0.5) is 0 Å². The highest BCUT2D eigenvalue weighted by molar-refractivity contribution is 5.32. The van der Waals surface area contributed by atoms with E-state index in [1.54, 1.807) is 11.1 Å². The molecule has 1 aliphatic heterocycles. The summed E-state index contributed by atoms with van der Waals surface area (Å²) in [7, 11) is 0. The molecule has 2 atom stereocenters. The Morgan fingerprint density at radius 1 is 1.11 bits per heavy atom. The van der Waals surface area contributed by atoms with Crippen LogP contribution in [-0.2, 0) is 6.42 Å². The number of nitrogens with one attached hydrogen (secondary N) is 1. The Bertz CT molecular complexity index is 415. The van der Waals surface area contributed by atoms with E-state index in [9.17, 15) is 0 Å². The topological polar surface area (TPSA) is 15.3 Å². The summed E-state index contributed by atoms with van der Waals surface area (Å²) in [4.78, 5) is 2.75. The number of hydrogen-bond donors (Lipinski definition) is 1. The fourth-order valence-corrected chi connectivity index (χ4v) is 3.62. The molecule has 0 radical (unpaired) electrons. The van der Waals surface area contributed by atoms with Gasteiger partial charge in [-0.2, -0.15) is 0 Å². The molecule has 0 amide bonds. The maximum Gasteiger partial charge on any atom is 0.0350 e. The minimum Gasteiger partial charge on any atom is -0.314 e. The summed E-state index contributed by atoms with van der Waals surface area (Å²) >= 11 is 0. The fourth-order valence-electron chi connectivity index (χ4n) is 3.62. The first-order valence-electron chi connectivity index (χ1n) is 7.90. The zero-order chi connectivity index (χ0) is 13.1. The van der Waals surface area contributed by atoms with Crippen LogP contribution in [0.1, 0.15) is 49.8 Å². The van der Waals surface area contributed by atoms with Crippen LogP contribution in [0, 0.1) is 0 Å². The third-order valence-corrected chi connectivity index (χ3v) is 4.74. The number of aryl methyl sites for hydroxylation is 1. The molecule has 2 unspecified atom stereocenters. The summed E-state index contributed by atoms with van der Waals surface area (Å²) in [6.07, 6.45) is 6.53. The van der Waals surface area contributed by atoms with Gasteiger partial charge in [0.15, 0.2) is 0 Å². The van der Waals surface area contributed by atoms with Crippen molar-refractivity contribution in [2.75, 3.05) is 19.6 Å². The van der Waals surface area contributed by atoms with Crippen LogP contribution in [0.15, 0.2) is 24.3 Å². The lowest BCUT2D eigenvalue weighted by atomic mass is 9.86. The van der Waals surface area contributed by atoms with Crippen molar-refractivity contribution in [2.24, 2.45) is 0 Å². The predicted molar refractivity (Wildman–Crippen MR) is 80.4 cm³/mol. The van der Waals surface area contributed by atoms with Gasteiger partial charge in [-0.25, -0.2) is 0 Å². The lowest BCUT2D eigenvalue weighted by Gasteiger charge is -2.38. The van der Waals surface area contributed by atoms with Gasteiger partial charge in [0.25, 0.3) is 0 Å². The molecule has 1 heterocycles. The summed E-state index contributed by atoms with van der Waals surface area (Å²) in [5.41, 5.74) is 3.20. The summed E-state index contributed by atoms with van der Waals surface area (Å²) in [5, 5.41) is 3.60. The highest BCUT2D eigenvalue weighted by Crippen LogP contribution is 2.34. The Balaban J connectivity index is 1.78. The van der Waals surface area contributed by atoms with Crippen molar-refractivity contribution < 1.29 is 0 Å². The Hall–Kier alpha value is -0.860. The molecule has 104 valence electrons. The lowest BCUT2D eigenvalue weighted by Crippen LogP contribution is -2.40. The van der Waals surface area contributed by atoms with E-state index in [1.165, 1.54) is 51.7 Å². The van der Waals surface area contributed by atoms with Crippen molar-refractivity contribution in [3.05, 3.63) is 35.4 Å². The summed E-state index contributed by atoms with van der Waals surface area (Å²) < 4.78 is 0. The van der Waals surface area contributed by atoms with Crippen molar-refractivity contribution in [3.63, 3.8) is 0 Å². The Labute approximate surface area is 117 Å². The molecule has 1 N–H and O–H groups in total. The van der Waals surface area contributed by atoms with Crippen LogP contribution in [-0.4, -0.2) is 30.6 Å². The maximum atomic E-state index is 3.60. The molecule has 1 aromatic rings. The summed E-state index contributed by atoms with van der Waals surface area (Å²) in [5.74, 6) is 0. The zero-order valence-corrected chi connectivity index (χ0v) is 12.1. The molecule has 19 heavy (non-hydrogen) atoms. The number of rotatable bonds is 1. The quantitative estimate of drug-likeness (QED) is 0.832. The normalized spacial score (nSPS) is 29.3. The fraction of sp³-hybridized carbons (Fsp3) is 0.647. The van der Waals surface area contributed by atoms with Gasteiger partial charge in [-0.15, -0.1) is 0 Å². The first-order valence-corrected chi connectivity index (χ1v) is 7.90. The molecule has 0 bridgehead atoms. The minimum atomic E-state index is 0.668. The van der Waals surface area contributed by atoms with Crippen molar-refractivity contribution in [2.45, 2.75) is 51.1 Å². The van der Waals surface area contributed by atoms with Gasteiger partial charge in [-0.1, -0.05) is 24.3 Å². The second kappa shape index (κ2) is 6.06. The van der Waals surface area contributed by atoms with Gasteiger partial charge < -0.3 is 5.32 Å². The molecule has 1 aromatic carbocycles. The second-order valence-corrected chi connectivity index (χ2v) is 6.14. The summed E-state index contributed by atoms with van der Waals surface area (Å²) in [6, 6.07) is 10.4. The largest absolute Gasteiger partial charge is 0.314 e. The molecule has 0 saturated carbocycles. The molecule has 0 aromatic heterocycles. The van der Waals surface area contributed by atoms with E-state index in [1.807, 2.05) is 0 Å². The molecule has 0 spiro atoms. The third kappa shape index (κ3) is 3.01. The van der Waals surface area contributed by atoms with Crippen LogP contribution in [0.3, 0.4) is 0 Å². The van der Waals surface area contributed by atoms with E-state index in [4.69, 9.17) is 0 Å². The monoisotopic (exact) mass is 258 g/mol. The SMILES string of the molecule is CC1CCN(C2CCCc3ccccc32)CCCN1. The number of fused-ring (bicyclic) bond motifs is 1. The van der Waals surface area contributed by atoms with E-state index in [-0.39, 0.29) is 0 Å². The standard InChI is InChI=1S/C17H26N2/c1-14-10-13-19(12-5-11-18-14)17-9-4-7-15-6-2-3-8-16(15)17/h2-3,6,8,14,17-18H,4-5,7,9-13H2,1H3. The van der Waals surface area contributed by atoms with Gasteiger partial charge in [-0.3, -0.25) is 4.90 Å². The third-order valence-electron chi connectivity index (χ3n) is 4.74. The van der Waals surface area contributed by atoms with Gasteiger partial charge in [0.2, 0.25) is 0 Å². The zero-order valence-electron chi connectivity index (χ0n) is 12.1. The van der Waals surface area contributed by atoms with Crippen LogP contribution >= 0.6 is 0 Å². The van der Waals surface area contributed by atoms with Crippen molar-refractivity contribution >= 4 is 0 Å². The van der Waals surface area contributed by atoms with Gasteiger partial charge in [-0.05, 0) is 63.2 Å². The molecule has 2 heteroatoms. The van der Waals surface area contributed by atoms with E-state index >= 15 is 0 Å². The lowest BCUT2D eigenvalue weighted by molar-refractivity contribution is 0.158. The van der Waals surface area contributed by atoms with E-state index in [0.717, 1.165) is 0 Å². The van der Waals surface area contributed by atoms with Gasteiger partial charge in [0, 0.05) is 18.6 Å². The van der Waals surface area contributed by atoms with E-state index in [0.29, 0.717) is 12.1 Å². The van der Waals surface area contributed by atoms with Gasteiger partial charge >= 0.3 is 0 Å². The van der Waals surface area contributed by atoms with Crippen LogP contribution in [0.5, 0.6) is 0 Å². The molecule has 1 saturated heterocycles. The Morgan fingerprint density at radius 2 is 2.00 bits per heavy atom. The highest BCUT2D eigenvalue weighted by Gasteiger charge is 2.26. The Kier molecular flexibility index (Phi) is 4.19. The number of benzene rings is 1. The van der Waals surface area contributed by atoms with E-state index < -0.39 is 0 Å². The number of nitrogens with zero attached hydrogens (tertiary/aromatic N) is 1. The van der Waals surface area contributed by atoms with Crippen LogP contribution < -0.4 is 5.32 Å². The summed E-state index contributed by atoms with van der Waals surface area (Å²) in [6.45, 7) is 5.98.